The van der Waals surface area contributed by atoms with Crippen LogP contribution in [-0.2, 0) is 6.42 Å². The van der Waals surface area contributed by atoms with Crippen molar-refractivity contribution in [1.29, 1.82) is 0 Å². The van der Waals surface area contributed by atoms with Gasteiger partial charge in [0.05, 0.1) is 11.6 Å². The predicted octanol–water partition coefficient (Wildman–Crippen LogP) is 3.42. The van der Waals surface area contributed by atoms with Gasteiger partial charge in [0, 0.05) is 6.54 Å². The number of hydrogen-bond acceptors (Lipinski definition) is 4. The molecule has 1 aliphatic heterocycles. The van der Waals surface area contributed by atoms with Gasteiger partial charge in [0.1, 0.15) is 5.52 Å². The Morgan fingerprint density at radius 1 is 1.04 bits per heavy atom. The summed E-state index contributed by atoms with van der Waals surface area (Å²) in [5, 5.41) is 8.23. The van der Waals surface area contributed by atoms with Gasteiger partial charge in [-0.15, -0.1) is 10.2 Å². The molecule has 3 aromatic rings. The molecule has 25 heavy (non-hydrogen) atoms. The largest absolute Gasteiger partial charge is 0.328 e. The normalized spacial score (nSPS) is 16.9. The van der Waals surface area contributed by atoms with Crippen LogP contribution in [0.1, 0.15) is 41.6 Å². The minimum atomic E-state index is -0.147. The van der Waals surface area contributed by atoms with Crippen LogP contribution in [0.4, 0.5) is 0 Å². The fourth-order valence-corrected chi connectivity index (χ4v) is 3.65. The molecule has 0 radical (unpaired) electrons. The Labute approximate surface area is 146 Å². The molecule has 0 saturated carbocycles. The van der Waals surface area contributed by atoms with Gasteiger partial charge in [-0.25, -0.2) is 4.98 Å². The molecule has 0 N–H and O–H groups in total. The summed E-state index contributed by atoms with van der Waals surface area (Å²) in [5.41, 5.74) is 3.94. The minimum Gasteiger partial charge on any atom is -0.328 e. The van der Waals surface area contributed by atoms with E-state index in [9.17, 15) is 4.79 Å². The Kier molecular flexibility index (Phi) is 3.92. The Balaban J connectivity index is 1.73. The summed E-state index contributed by atoms with van der Waals surface area (Å²) in [5.74, 6) is 0.328. The highest BCUT2D eigenvalue weighted by atomic mass is 16.2. The van der Waals surface area contributed by atoms with Crippen molar-refractivity contribution in [3.63, 3.8) is 0 Å². The van der Waals surface area contributed by atoms with Gasteiger partial charge in [-0.3, -0.25) is 4.79 Å². The van der Waals surface area contributed by atoms with Crippen LogP contribution >= 0.6 is 0 Å². The second kappa shape index (κ2) is 6.24. The Bertz CT molecular complexity index is 938. The van der Waals surface area contributed by atoms with E-state index in [0.717, 1.165) is 6.42 Å². The number of nitrogens with zero attached hydrogens (tertiary/aromatic N) is 4. The van der Waals surface area contributed by atoms with E-state index in [4.69, 9.17) is 0 Å². The monoisotopic (exact) mass is 332 g/mol. The molecule has 0 spiro atoms. The van der Waals surface area contributed by atoms with Crippen LogP contribution in [0.2, 0.25) is 0 Å². The standard InChI is InChI=1S/C20H20N4O/c1-13(2)18-15-8-4-3-7-14(15)11-12-24(18)20(25)19-21-16-9-5-6-10-17(16)22-23-19/h3-10,13,18H,11-12H2,1-2H3. The van der Waals surface area contributed by atoms with E-state index >= 15 is 0 Å². The first kappa shape index (κ1) is 15.7. The molecular formula is C20H20N4O. The van der Waals surface area contributed by atoms with Crippen molar-refractivity contribution in [3.8, 4) is 0 Å². The van der Waals surface area contributed by atoms with Crippen LogP contribution in [0.25, 0.3) is 11.0 Å². The quantitative estimate of drug-likeness (QED) is 0.721. The highest BCUT2D eigenvalue weighted by molar-refractivity contribution is 5.92. The molecule has 5 nitrogen and oxygen atoms in total. The number of aromatic nitrogens is 3. The lowest BCUT2D eigenvalue weighted by molar-refractivity contribution is 0.0590. The second-order valence-corrected chi connectivity index (χ2v) is 6.76. The third-order valence-corrected chi connectivity index (χ3v) is 4.78. The van der Waals surface area contributed by atoms with E-state index in [1.165, 1.54) is 11.1 Å². The number of hydrogen-bond donors (Lipinski definition) is 0. The van der Waals surface area contributed by atoms with Crippen LogP contribution in [0.3, 0.4) is 0 Å². The fraction of sp³-hybridized carbons (Fsp3) is 0.300. The highest BCUT2D eigenvalue weighted by Gasteiger charge is 2.34. The predicted molar refractivity (Wildman–Crippen MR) is 96.1 cm³/mol. The zero-order chi connectivity index (χ0) is 17.4. The van der Waals surface area contributed by atoms with Crippen LogP contribution in [-0.4, -0.2) is 32.5 Å². The van der Waals surface area contributed by atoms with Gasteiger partial charge < -0.3 is 4.90 Å². The van der Waals surface area contributed by atoms with E-state index in [-0.39, 0.29) is 17.8 Å². The van der Waals surface area contributed by atoms with E-state index in [2.05, 4.69) is 47.2 Å². The van der Waals surface area contributed by atoms with Gasteiger partial charge >= 0.3 is 0 Å². The van der Waals surface area contributed by atoms with Crippen molar-refractivity contribution in [3.05, 3.63) is 65.5 Å². The summed E-state index contributed by atoms with van der Waals surface area (Å²) in [6.07, 6.45) is 0.853. The molecule has 0 saturated heterocycles. The van der Waals surface area contributed by atoms with Crippen LogP contribution in [0.5, 0.6) is 0 Å². The number of rotatable bonds is 2. The SMILES string of the molecule is CC(C)C1c2ccccc2CCN1C(=O)c1nnc2ccccc2n1. The third kappa shape index (κ3) is 2.76. The zero-order valence-electron chi connectivity index (χ0n) is 14.4. The minimum absolute atomic E-state index is 0.0347. The zero-order valence-corrected chi connectivity index (χ0v) is 14.4. The molecular weight excluding hydrogens is 312 g/mol. The van der Waals surface area contributed by atoms with Crippen molar-refractivity contribution < 1.29 is 4.79 Å². The molecule has 126 valence electrons. The van der Waals surface area contributed by atoms with Gasteiger partial charge in [-0.05, 0) is 35.6 Å². The number of fused-ring (bicyclic) bond motifs is 2. The van der Waals surface area contributed by atoms with Crippen molar-refractivity contribution in [1.82, 2.24) is 20.1 Å². The topological polar surface area (TPSA) is 59.0 Å². The number of benzene rings is 2. The van der Waals surface area contributed by atoms with Crippen molar-refractivity contribution in [2.45, 2.75) is 26.3 Å². The molecule has 2 heterocycles. The van der Waals surface area contributed by atoms with Gasteiger partial charge in [-0.2, -0.15) is 0 Å². The van der Waals surface area contributed by atoms with Crippen molar-refractivity contribution in [2.75, 3.05) is 6.54 Å². The molecule has 1 amide bonds. The lowest BCUT2D eigenvalue weighted by atomic mass is 9.86. The van der Waals surface area contributed by atoms with Crippen LogP contribution < -0.4 is 0 Å². The molecule has 1 atom stereocenters. The molecule has 1 aromatic heterocycles. The third-order valence-electron chi connectivity index (χ3n) is 4.78. The van der Waals surface area contributed by atoms with Crippen molar-refractivity contribution in [2.24, 2.45) is 5.92 Å². The average molecular weight is 332 g/mol. The Morgan fingerprint density at radius 3 is 2.56 bits per heavy atom. The molecule has 0 bridgehead atoms. The second-order valence-electron chi connectivity index (χ2n) is 6.76. The molecule has 5 heteroatoms. The maximum atomic E-state index is 13.1. The number of carbonyl (C=O) groups is 1. The molecule has 0 fully saturated rings. The molecule has 4 rings (SSSR count). The Hall–Kier alpha value is -2.82. The van der Waals surface area contributed by atoms with E-state index in [1.807, 2.05) is 35.2 Å². The van der Waals surface area contributed by atoms with Gasteiger partial charge in [-0.1, -0.05) is 50.2 Å². The fourth-order valence-electron chi connectivity index (χ4n) is 3.65. The van der Waals surface area contributed by atoms with Crippen molar-refractivity contribution >= 4 is 16.9 Å². The van der Waals surface area contributed by atoms with Gasteiger partial charge in [0.25, 0.3) is 5.91 Å². The first-order valence-electron chi connectivity index (χ1n) is 8.63. The summed E-state index contributed by atoms with van der Waals surface area (Å²) in [4.78, 5) is 19.5. The average Bonchev–Trinajstić information content (AvgIpc) is 2.66. The Morgan fingerprint density at radius 2 is 1.76 bits per heavy atom. The van der Waals surface area contributed by atoms with E-state index in [0.29, 0.717) is 23.5 Å². The maximum Gasteiger partial charge on any atom is 0.294 e. The van der Waals surface area contributed by atoms with E-state index < -0.39 is 0 Å². The smallest absolute Gasteiger partial charge is 0.294 e. The highest BCUT2D eigenvalue weighted by Crippen LogP contribution is 2.35. The number of amides is 1. The van der Waals surface area contributed by atoms with E-state index in [1.54, 1.807) is 0 Å². The van der Waals surface area contributed by atoms with Gasteiger partial charge in [0.2, 0.25) is 5.82 Å². The first-order chi connectivity index (χ1) is 12.1. The first-order valence-corrected chi connectivity index (χ1v) is 8.63. The summed E-state index contributed by atoms with van der Waals surface area (Å²) in [6.45, 7) is 4.97. The van der Waals surface area contributed by atoms with Crippen LogP contribution in [0.15, 0.2) is 48.5 Å². The summed E-state index contributed by atoms with van der Waals surface area (Å²) < 4.78 is 0. The number of para-hydroxylation sites is 1. The lowest BCUT2D eigenvalue weighted by Gasteiger charge is -2.39. The lowest BCUT2D eigenvalue weighted by Crippen LogP contribution is -2.43. The van der Waals surface area contributed by atoms with Gasteiger partial charge in [0.15, 0.2) is 0 Å². The summed E-state index contributed by atoms with van der Waals surface area (Å²) in [7, 11) is 0. The maximum absolute atomic E-state index is 13.1. The molecule has 2 aromatic carbocycles. The summed E-state index contributed by atoms with van der Waals surface area (Å²) in [6, 6.07) is 15.9. The molecule has 0 aliphatic carbocycles. The van der Waals surface area contributed by atoms with Crippen LogP contribution in [0, 0.1) is 5.92 Å². The summed E-state index contributed by atoms with van der Waals surface area (Å²) >= 11 is 0. The number of carbonyl (C=O) groups excluding carboxylic acids is 1. The molecule has 1 aliphatic rings. The molecule has 1 unspecified atom stereocenters.